The Morgan fingerprint density at radius 3 is 2.76 bits per heavy atom. The number of nitrogens with one attached hydrogen (secondary N) is 2. The summed E-state index contributed by atoms with van der Waals surface area (Å²) in [7, 11) is 0. The SMILES string of the molecule is O=C(Nc1cnc(Cl)cn1)c1cc(=O)[nH]c2ccccc12. The van der Waals surface area contributed by atoms with Crippen molar-refractivity contribution >= 4 is 34.2 Å². The third-order valence-electron chi connectivity index (χ3n) is 2.86. The molecule has 0 fully saturated rings. The molecule has 0 aliphatic rings. The van der Waals surface area contributed by atoms with Crippen molar-refractivity contribution in [3.8, 4) is 0 Å². The summed E-state index contributed by atoms with van der Waals surface area (Å²) < 4.78 is 0. The molecule has 7 heteroatoms. The van der Waals surface area contributed by atoms with Crippen LogP contribution in [0.3, 0.4) is 0 Å². The Balaban J connectivity index is 2.01. The summed E-state index contributed by atoms with van der Waals surface area (Å²) in [4.78, 5) is 34.4. The lowest BCUT2D eigenvalue weighted by molar-refractivity contribution is 0.102. The van der Waals surface area contributed by atoms with Crippen molar-refractivity contribution in [2.75, 3.05) is 5.32 Å². The Hall–Kier alpha value is -2.73. The average Bonchev–Trinajstić information content (AvgIpc) is 2.48. The van der Waals surface area contributed by atoms with Crippen molar-refractivity contribution in [2.24, 2.45) is 0 Å². The minimum Gasteiger partial charge on any atom is -0.322 e. The van der Waals surface area contributed by atoms with Gasteiger partial charge in [0.2, 0.25) is 5.56 Å². The number of carbonyl (C=O) groups is 1. The van der Waals surface area contributed by atoms with Gasteiger partial charge < -0.3 is 10.3 Å². The van der Waals surface area contributed by atoms with Crippen molar-refractivity contribution in [2.45, 2.75) is 0 Å². The Labute approximate surface area is 123 Å². The molecule has 2 heterocycles. The Morgan fingerprint density at radius 1 is 1.19 bits per heavy atom. The van der Waals surface area contributed by atoms with Gasteiger partial charge >= 0.3 is 0 Å². The van der Waals surface area contributed by atoms with E-state index >= 15 is 0 Å². The van der Waals surface area contributed by atoms with Gasteiger partial charge in [-0.25, -0.2) is 9.97 Å². The van der Waals surface area contributed by atoms with Crippen molar-refractivity contribution in [1.82, 2.24) is 15.0 Å². The highest BCUT2D eigenvalue weighted by Gasteiger charge is 2.12. The molecule has 0 radical (unpaired) electrons. The second-order valence-electron chi connectivity index (χ2n) is 4.27. The number of aromatic nitrogens is 3. The molecule has 0 saturated carbocycles. The van der Waals surface area contributed by atoms with Crippen LogP contribution < -0.4 is 10.9 Å². The minimum atomic E-state index is -0.436. The molecule has 1 amide bonds. The smallest absolute Gasteiger partial charge is 0.257 e. The van der Waals surface area contributed by atoms with Gasteiger partial charge in [0, 0.05) is 17.0 Å². The molecular formula is C14H9ClN4O2. The summed E-state index contributed by atoms with van der Waals surface area (Å²) in [5, 5.41) is 3.46. The fourth-order valence-electron chi connectivity index (χ4n) is 1.95. The minimum absolute atomic E-state index is 0.231. The van der Waals surface area contributed by atoms with Gasteiger partial charge in [-0.15, -0.1) is 0 Å². The van der Waals surface area contributed by atoms with E-state index in [9.17, 15) is 9.59 Å². The summed E-state index contributed by atoms with van der Waals surface area (Å²) in [5.41, 5.74) is 0.518. The number of aromatic amines is 1. The number of carbonyl (C=O) groups excluding carboxylic acids is 1. The third kappa shape index (κ3) is 2.75. The Kier molecular flexibility index (Phi) is 3.37. The Morgan fingerprint density at radius 2 is 2.00 bits per heavy atom. The first kappa shape index (κ1) is 13.3. The topological polar surface area (TPSA) is 87.7 Å². The van der Waals surface area contributed by atoms with Crippen molar-refractivity contribution in [1.29, 1.82) is 0 Å². The molecule has 0 spiro atoms. The summed E-state index contributed by atoms with van der Waals surface area (Å²) in [6, 6.07) is 8.31. The van der Waals surface area contributed by atoms with E-state index in [0.717, 1.165) is 0 Å². The first-order chi connectivity index (χ1) is 10.1. The number of fused-ring (bicyclic) bond motifs is 1. The van der Waals surface area contributed by atoms with E-state index in [0.29, 0.717) is 10.9 Å². The van der Waals surface area contributed by atoms with Gasteiger partial charge in [-0.05, 0) is 6.07 Å². The number of anilines is 1. The molecule has 21 heavy (non-hydrogen) atoms. The number of halogens is 1. The molecule has 6 nitrogen and oxygen atoms in total. The quantitative estimate of drug-likeness (QED) is 0.759. The van der Waals surface area contributed by atoms with Gasteiger partial charge in [0.1, 0.15) is 5.15 Å². The molecule has 0 atom stereocenters. The molecule has 104 valence electrons. The predicted octanol–water partition coefficient (Wildman–Crippen LogP) is 2.22. The van der Waals surface area contributed by atoms with Crippen molar-refractivity contribution in [3.63, 3.8) is 0 Å². The zero-order valence-electron chi connectivity index (χ0n) is 10.6. The van der Waals surface area contributed by atoms with Crippen LogP contribution in [-0.2, 0) is 0 Å². The first-order valence-electron chi connectivity index (χ1n) is 6.04. The van der Waals surface area contributed by atoms with E-state index in [1.807, 2.05) is 0 Å². The second kappa shape index (κ2) is 5.34. The standard InChI is InChI=1S/C14H9ClN4O2/c15-11-6-17-12(7-16-11)19-14(21)9-5-13(20)18-10-4-2-1-3-8(9)10/h1-7H,(H,18,20)(H,17,19,21). The molecule has 3 aromatic rings. The number of hydrogen-bond acceptors (Lipinski definition) is 4. The molecule has 0 aliphatic heterocycles. The van der Waals surface area contributed by atoms with Crippen LogP contribution in [0.4, 0.5) is 5.82 Å². The van der Waals surface area contributed by atoms with Crippen LogP contribution in [0.25, 0.3) is 10.9 Å². The Bertz CT molecular complexity index is 874. The number of nitrogens with zero attached hydrogens (tertiary/aromatic N) is 2. The lowest BCUT2D eigenvalue weighted by atomic mass is 10.1. The third-order valence-corrected chi connectivity index (χ3v) is 3.05. The summed E-state index contributed by atoms with van der Waals surface area (Å²) >= 11 is 5.63. The van der Waals surface area contributed by atoms with Crippen LogP contribution in [0.5, 0.6) is 0 Å². The molecule has 0 saturated heterocycles. The van der Waals surface area contributed by atoms with Crippen LogP contribution >= 0.6 is 11.6 Å². The number of H-pyrrole nitrogens is 1. The zero-order chi connectivity index (χ0) is 14.8. The van der Waals surface area contributed by atoms with Gasteiger partial charge in [0.25, 0.3) is 5.91 Å². The molecule has 0 bridgehead atoms. The van der Waals surface area contributed by atoms with Crippen LogP contribution in [0, 0.1) is 0 Å². The van der Waals surface area contributed by atoms with Crippen LogP contribution in [0.2, 0.25) is 5.15 Å². The predicted molar refractivity (Wildman–Crippen MR) is 79.6 cm³/mol. The van der Waals surface area contributed by atoms with Crippen LogP contribution in [0.15, 0.2) is 47.5 Å². The maximum atomic E-state index is 12.3. The number of pyridine rings is 1. The maximum Gasteiger partial charge on any atom is 0.257 e. The molecule has 3 rings (SSSR count). The molecule has 0 unspecified atom stereocenters. The van der Waals surface area contributed by atoms with Crippen molar-refractivity contribution < 1.29 is 4.79 Å². The van der Waals surface area contributed by atoms with Gasteiger partial charge in [-0.2, -0.15) is 0 Å². The van der Waals surface area contributed by atoms with E-state index < -0.39 is 5.91 Å². The monoisotopic (exact) mass is 300 g/mol. The fourth-order valence-corrected chi connectivity index (χ4v) is 2.05. The van der Waals surface area contributed by atoms with Gasteiger partial charge in [0.15, 0.2) is 5.82 Å². The second-order valence-corrected chi connectivity index (χ2v) is 4.66. The summed E-state index contributed by atoms with van der Waals surface area (Å²) in [6.45, 7) is 0. The highest BCUT2D eigenvalue weighted by Crippen LogP contribution is 2.16. The van der Waals surface area contributed by atoms with Crippen LogP contribution in [0.1, 0.15) is 10.4 Å². The molecule has 2 aromatic heterocycles. The number of rotatable bonds is 2. The summed E-state index contributed by atoms with van der Waals surface area (Å²) in [5.74, 6) is -0.178. The molecule has 1 aromatic carbocycles. The summed E-state index contributed by atoms with van der Waals surface area (Å²) in [6.07, 6.45) is 2.67. The van der Waals surface area contributed by atoms with Crippen LogP contribution in [-0.4, -0.2) is 20.9 Å². The van der Waals surface area contributed by atoms with E-state index in [1.54, 1.807) is 24.3 Å². The number of amides is 1. The van der Waals surface area contributed by atoms with Gasteiger partial charge in [0.05, 0.1) is 18.0 Å². The van der Waals surface area contributed by atoms with E-state index in [4.69, 9.17) is 11.6 Å². The zero-order valence-corrected chi connectivity index (χ0v) is 11.4. The molecule has 2 N–H and O–H groups in total. The van der Waals surface area contributed by atoms with E-state index in [1.165, 1.54) is 18.5 Å². The first-order valence-corrected chi connectivity index (χ1v) is 6.42. The normalized spacial score (nSPS) is 10.5. The van der Waals surface area contributed by atoms with Crippen molar-refractivity contribution in [3.05, 3.63) is 63.8 Å². The van der Waals surface area contributed by atoms with E-state index in [2.05, 4.69) is 20.3 Å². The maximum absolute atomic E-state index is 12.3. The highest BCUT2D eigenvalue weighted by atomic mass is 35.5. The lowest BCUT2D eigenvalue weighted by Crippen LogP contribution is -2.17. The largest absolute Gasteiger partial charge is 0.322 e. The highest BCUT2D eigenvalue weighted by molar-refractivity contribution is 6.29. The molecular weight excluding hydrogens is 292 g/mol. The number of hydrogen-bond donors (Lipinski definition) is 2. The van der Waals surface area contributed by atoms with Gasteiger partial charge in [-0.3, -0.25) is 9.59 Å². The average molecular weight is 301 g/mol. The number of benzene rings is 1. The van der Waals surface area contributed by atoms with E-state index in [-0.39, 0.29) is 22.1 Å². The number of para-hydroxylation sites is 1. The lowest BCUT2D eigenvalue weighted by Gasteiger charge is -2.06. The van der Waals surface area contributed by atoms with Gasteiger partial charge in [-0.1, -0.05) is 29.8 Å². The molecule has 0 aliphatic carbocycles. The fraction of sp³-hybridized carbons (Fsp3) is 0.